The Morgan fingerprint density at radius 2 is 1.81 bits per heavy atom. The Morgan fingerprint density at radius 1 is 1.15 bits per heavy atom. The molecule has 0 saturated heterocycles. The fourth-order valence-electron chi connectivity index (χ4n) is 2.96. The number of aromatic nitrogens is 3. The minimum atomic E-state index is 0.451. The van der Waals surface area contributed by atoms with Crippen molar-refractivity contribution < 1.29 is 4.74 Å². The van der Waals surface area contributed by atoms with Crippen LogP contribution in [-0.4, -0.2) is 27.7 Å². The Kier molecular flexibility index (Phi) is 5.32. The van der Waals surface area contributed by atoms with Gasteiger partial charge in [-0.2, -0.15) is 14.9 Å². The van der Waals surface area contributed by atoms with Gasteiger partial charge in [0.2, 0.25) is 4.77 Å². The molecule has 0 aliphatic heterocycles. The third-order valence-electron chi connectivity index (χ3n) is 4.11. The van der Waals surface area contributed by atoms with Crippen LogP contribution in [0.1, 0.15) is 29.2 Å². The first-order valence-corrected chi connectivity index (χ1v) is 8.93. The molecule has 26 heavy (non-hydrogen) atoms. The normalized spacial score (nSPS) is 11.2. The number of ether oxygens (including phenoxy) is 1. The van der Waals surface area contributed by atoms with Crippen LogP contribution in [-0.2, 0) is 0 Å². The second-order valence-corrected chi connectivity index (χ2v) is 6.57. The van der Waals surface area contributed by atoms with Gasteiger partial charge in [-0.3, -0.25) is 0 Å². The number of aromatic amines is 1. The predicted octanol–water partition coefficient (Wildman–Crippen LogP) is 4.81. The third kappa shape index (κ3) is 3.75. The lowest BCUT2D eigenvalue weighted by atomic mass is 10.0. The van der Waals surface area contributed by atoms with Crippen molar-refractivity contribution in [3.8, 4) is 17.1 Å². The molecular weight excluding hydrogens is 344 g/mol. The Hall–Kier alpha value is -2.73. The summed E-state index contributed by atoms with van der Waals surface area (Å²) in [5, 5.41) is 11.7. The summed E-state index contributed by atoms with van der Waals surface area (Å²) in [6.45, 7) is 8.87. The van der Waals surface area contributed by atoms with E-state index in [-0.39, 0.29) is 0 Å². The quantitative estimate of drug-likeness (QED) is 0.520. The minimum Gasteiger partial charge on any atom is -0.494 e. The molecule has 3 rings (SSSR count). The molecule has 0 saturated carbocycles. The van der Waals surface area contributed by atoms with E-state index in [2.05, 4.69) is 48.2 Å². The molecule has 6 heteroatoms. The maximum atomic E-state index is 5.49. The van der Waals surface area contributed by atoms with Crippen LogP contribution in [0.4, 0.5) is 0 Å². The first-order chi connectivity index (χ1) is 12.5. The molecule has 0 unspecified atom stereocenters. The van der Waals surface area contributed by atoms with E-state index in [9.17, 15) is 0 Å². The molecule has 0 spiro atoms. The van der Waals surface area contributed by atoms with Gasteiger partial charge >= 0.3 is 0 Å². The maximum absolute atomic E-state index is 5.49. The van der Waals surface area contributed by atoms with Gasteiger partial charge in [-0.05, 0) is 75.3 Å². The highest BCUT2D eigenvalue weighted by Crippen LogP contribution is 2.21. The van der Waals surface area contributed by atoms with Crippen LogP contribution in [0.3, 0.4) is 0 Å². The van der Waals surface area contributed by atoms with Crippen LogP contribution in [0.5, 0.6) is 5.75 Å². The third-order valence-corrected chi connectivity index (χ3v) is 4.38. The van der Waals surface area contributed by atoms with Crippen LogP contribution < -0.4 is 4.74 Å². The first kappa shape index (κ1) is 18.1. The van der Waals surface area contributed by atoms with E-state index >= 15 is 0 Å². The van der Waals surface area contributed by atoms with E-state index in [4.69, 9.17) is 17.0 Å². The van der Waals surface area contributed by atoms with E-state index in [0.717, 1.165) is 16.9 Å². The number of nitrogens with one attached hydrogen (secondary N) is 1. The zero-order valence-electron chi connectivity index (χ0n) is 15.4. The number of benzene rings is 2. The molecule has 0 fully saturated rings. The van der Waals surface area contributed by atoms with Crippen molar-refractivity contribution >= 4 is 18.4 Å². The smallest absolute Gasteiger partial charge is 0.216 e. The second kappa shape index (κ2) is 7.66. The van der Waals surface area contributed by atoms with Gasteiger partial charge in [0, 0.05) is 11.1 Å². The highest BCUT2D eigenvalue weighted by Gasteiger charge is 2.09. The molecule has 0 aliphatic rings. The van der Waals surface area contributed by atoms with Gasteiger partial charge in [0.05, 0.1) is 12.8 Å². The lowest BCUT2D eigenvalue weighted by molar-refractivity contribution is 0.340. The standard InChI is InChI=1S/C20H22N4OS/c1-5-25-17-8-6-16(7-9-17)19-22-23-20(26)24(19)21-12-18-14(3)10-13(2)11-15(18)4/h6-12H,5H2,1-4H3,(H,23,26). The largest absolute Gasteiger partial charge is 0.494 e. The molecule has 1 heterocycles. The second-order valence-electron chi connectivity index (χ2n) is 6.18. The fourth-order valence-corrected chi connectivity index (χ4v) is 3.14. The summed E-state index contributed by atoms with van der Waals surface area (Å²) in [5.41, 5.74) is 5.62. The molecule has 2 aromatic carbocycles. The number of rotatable bonds is 5. The Bertz CT molecular complexity index is 976. The minimum absolute atomic E-state index is 0.451. The summed E-state index contributed by atoms with van der Waals surface area (Å²) in [5.74, 6) is 1.49. The van der Waals surface area contributed by atoms with Crippen molar-refractivity contribution in [2.45, 2.75) is 27.7 Å². The van der Waals surface area contributed by atoms with Crippen LogP contribution in [0.25, 0.3) is 11.4 Å². The monoisotopic (exact) mass is 366 g/mol. The van der Waals surface area contributed by atoms with Crippen LogP contribution in [0, 0.1) is 25.5 Å². The van der Waals surface area contributed by atoms with Crippen LogP contribution in [0.2, 0.25) is 0 Å². The maximum Gasteiger partial charge on any atom is 0.216 e. The van der Waals surface area contributed by atoms with Gasteiger partial charge in [-0.25, -0.2) is 5.10 Å². The van der Waals surface area contributed by atoms with Gasteiger partial charge in [0.15, 0.2) is 5.82 Å². The van der Waals surface area contributed by atoms with E-state index in [1.54, 1.807) is 4.68 Å². The highest BCUT2D eigenvalue weighted by atomic mass is 32.1. The van der Waals surface area contributed by atoms with E-state index in [1.807, 2.05) is 37.4 Å². The average Bonchev–Trinajstić information content (AvgIpc) is 2.96. The predicted molar refractivity (Wildman–Crippen MR) is 108 cm³/mol. The van der Waals surface area contributed by atoms with Crippen molar-refractivity contribution in [2.75, 3.05) is 6.61 Å². The van der Waals surface area contributed by atoms with Gasteiger partial charge in [-0.1, -0.05) is 17.7 Å². The van der Waals surface area contributed by atoms with Gasteiger partial charge in [0.25, 0.3) is 0 Å². The highest BCUT2D eigenvalue weighted by molar-refractivity contribution is 7.71. The molecule has 3 aromatic rings. The summed E-state index contributed by atoms with van der Waals surface area (Å²) in [6.07, 6.45) is 1.84. The van der Waals surface area contributed by atoms with Gasteiger partial charge in [-0.15, -0.1) is 0 Å². The Balaban J connectivity index is 1.97. The zero-order chi connectivity index (χ0) is 18.7. The lowest BCUT2D eigenvalue weighted by Crippen LogP contribution is -1.98. The lowest BCUT2D eigenvalue weighted by Gasteiger charge is -2.07. The number of H-pyrrole nitrogens is 1. The van der Waals surface area contributed by atoms with Crippen molar-refractivity contribution in [3.63, 3.8) is 0 Å². The molecule has 5 nitrogen and oxygen atoms in total. The molecule has 134 valence electrons. The van der Waals surface area contributed by atoms with Crippen LogP contribution in [0.15, 0.2) is 41.5 Å². The molecule has 1 N–H and O–H groups in total. The summed E-state index contributed by atoms with van der Waals surface area (Å²) >= 11 is 5.35. The summed E-state index contributed by atoms with van der Waals surface area (Å²) in [4.78, 5) is 0. The molecule has 0 amide bonds. The first-order valence-electron chi connectivity index (χ1n) is 8.52. The molecule has 1 aromatic heterocycles. The van der Waals surface area contributed by atoms with E-state index in [1.165, 1.54) is 16.7 Å². The summed E-state index contributed by atoms with van der Waals surface area (Å²) in [6, 6.07) is 12.0. The summed E-state index contributed by atoms with van der Waals surface area (Å²) < 4.78 is 7.58. The number of hydrogen-bond acceptors (Lipinski definition) is 4. The van der Waals surface area contributed by atoms with Gasteiger partial charge < -0.3 is 4.74 Å². The van der Waals surface area contributed by atoms with E-state index in [0.29, 0.717) is 17.2 Å². The molecule has 0 bridgehead atoms. The Morgan fingerprint density at radius 3 is 2.42 bits per heavy atom. The summed E-state index contributed by atoms with van der Waals surface area (Å²) in [7, 11) is 0. The molecular formula is C20H22N4OS. The Labute approximate surface area is 158 Å². The zero-order valence-corrected chi connectivity index (χ0v) is 16.2. The average molecular weight is 366 g/mol. The van der Waals surface area contributed by atoms with Crippen molar-refractivity contribution in [3.05, 3.63) is 63.4 Å². The van der Waals surface area contributed by atoms with Crippen molar-refractivity contribution in [2.24, 2.45) is 5.10 Å². The van der Waals surface area contributed by atoms with Crippen LogP contribution >= 0.6 is 12.2 Å². The number of nitrogens with zero attached hydrogens (tertiary/aromatic N) is 3. The molecule has 0 aliphatic carbocycles. The van der Waals surface area contributed by atoms with Gasteiger partial charge in [0.1, 0.15) is 5.75 Å². The van der Waals surface area contributed by atoms with E-state index < -0.39 is 0 Å². The fraction of sp³-hybridized carbons (Fsp3) is 0.250. The molecule has 0 atom stereocenters. The van der Waals surface area contributed by atoms with Crippen molar-refractivity contribution in [1.29, 1.82) is 0 Å². The molecule has 0 radical (unpaired) electrons. The number of aryl methyl sites for hydroxylation is 3. The topological polar surface area (TPSA) is 55.2 Å². The number of hydrogen-bond donors (Lipinski definition) is 1. The SMILES string of the molecule is CCOc1ccc(-c2n[nH]c(=S)n2N=Cc2c(C)cc(C)cc2C)cc1. The van der Waals surface area contributed by atoms with Crippen molar-refractivity contribution in [1.82, 2.24) is 14.9 Å².